The molecule has 128 valence electrons. The van der Waals surface area contributed by atoms with Crippen molar-refractivity contribution in [3.8, 4) is 0 Å². The van der Waals surface area contributed by atoms with Crippen LogP contribution in [0.5, 0.6) is 0 Å². The fourth-order valence-corrected chi connectivity index (χ4v) is 4.04. The van der Waals surface area contributed by atoms with Crippen LogP contribution in [0.1, 0.15) is 36.3 Å². The molecule has 0 radical (unpaired) electrons. The zero-order valence-electron chi connectivity index (χ0n) is 14.4. The first-order valence-corrected chi connectivity index (χ1v) is 9.18. The van der Waals surface area contributed by atoms with E-state index in [-0.39, 0.29) is 0 Å². The lowest BCUT2D eigenvalue weighted by atomic mass is 10.0. The highest BCUT2D eigenvalue weighted by molar-refractivity contribution is 7.71. The third-order valence-corrected chi connectivity index (χ3v) is 5.55. The van der Waals surface area contributed by atoms with Gasteiger partial charge in [-0.05, 0) is 44.6 Å². The van der Waals surface area contributed by atoms with Crippen molar-refractivity contribution in [2.75, 3.05) is 26.7 Å². The molecule has 2 heterocycles. The van der Waals surface area contributed by atoms with Gasteiger partial charge in [0.15, 0.2) is 4.77 Å². The van der Waals surface area contributed by atoms with Crippen LogP contribution in [-0.2, 0) is 6.67 Å². The molecule has 1 aromatic heterocycles. The van der Waals surface area contributed by atoms with E-state index in [1.54, 1.807) is 0 Å². The van der Waals surface area contributed by atoms with Gasteiger partial charge in [-0.3, -0.25) is 4.90 Å². The van der Waals surface area contributed by atoms with Gasteiger partial charge in [0.05, 0.1) is 6.67 Å². The van der Waals surface area contributed by atoms with Gasteiger partial charge in [0.2, 0.25) is 0 Å². The van der Waals surface area contributed by atoms with Crippen molar-refractivity contribution in [3.05, 3.63) is 46.5 Å². The van der Waals surface area contributed by atoms with Gasteiger partial charge >= 0.3 is 0 Å². The average Bonchev–Trinajstić information content (AvgIpc) is 3.37. The Hall–Kier alpha value is -1.50. The van der Waals surface area contributed by atoms with Crippen molar-refractivity contribution in [1.82, 2.24) is 24.1 Å². The number of aromatic nitrogens is 3. The molecular weight excluding hydrogens is 318 g/mol. The molecular formula is C18H25N5S. The summed E-state index contributed by atoms with van der Waals surface area (Å²) in [5, 5.41) is 4.73. The Labute approximate surface area is 148 Å². The van der Waals surface area contributed by atoms with Crippen LogP contribution in [-0.4, -0.2) is 50.8 Å². The molecule has 2 fully saturated rings. The highest BCUT2D eigenvalue weighted by atomic mass is 32.1. The Morgan fingerprint density at radius 3 is 2.62 bits per heavy atom. The van der Waals surface area contributed by atoms with Crippen molar-refractivity contribution >= 4 is 12.2 Å². The van der Waals surface area contributed by atoms with E-state index in [2.05, 4.69) is 58.7 Å². The van der Waals surface area contributed by atoms with E-state index in [0.717, 1.165) is 36.9 Å². The van der Waals surface area contributed by atoms with E-state index in [9.17, 15) is 0 Å². The Kier molecular flexibility index (Phi) is 4.28. The minimum Gasteiger partial charge on any atom is -0.303 e. The number of rotatable bonds is 4. The summed E-state index contributed by atoms with van der Waals surface area (Å²) < 4.78 is 5.13. The molecule has 6 heteroatoms. The Balaban J connectivity index is 1.60. The summed E-state index contributed by atoms with van der Waals surface area (Å²) in [5.41, 5.74) is 1.37. The van der Waals surface area contributed by atoms with Crippen LogP contribution < -0.4 is 0 Å². The first-order chi connectivity index (χ1) is 11.6. The fraction of sp³-hybridized carbons (Fsp3) is 0.556. The van der Waals surface area contributed by atoms with Crippen LogP contribution in [0.3, 0.4) is 0 Å². The molecule has 2 aliphatic rings. The molecule has 4 rings (SSSR count). The highest BCUT2D eigenvalue weighted by Crippen LogP contribution is 2.36. The molecule has 1 unspecified atom stereocenters. The minimum atomic E-state index is 0.387. The first-order valence-electron chi connectivity index (χ1n) is 8.77. The van der Waals surface area contributed by atoms with E-state index < -0.39 is 0 Å². The van der Waals surface area contributed by atoms with Crippen LogP contribution in [0.4, 0.5) is 0 Å². The van der Waals surface area contributed by atoms with Gasteiger partial charge in [-0.15, -0.1) is 0 Å². The maximum atomic E-state index is 5.70. The van der Waals surface area contributed by atoms with Gasteiger partial charge in [-0.2, -0.15) is 5.10 Å². The molecule has 5 nitrogen and oxygen atoms in total. The summed E-state index contributed by atoms with van der Waals surface area (Å²) >= 11 is 5.70. The number of aryl methyl sites for hydroxylation is 1. The second-order valence-corrected chi connectivity index (χ2v) is 7.44. The predicted molar refractivity (Wildman–Crippen MR) is 97.4 cm³/mol. The number of hydrogen-bond donors (Lipinski definition) is 0. The summed E-state index contributed by atoms with van der Waals surface area (Å²) in [5.74, 6) is 1.05. The van der Waals surface area contributed by atoms with Crippen molar-refractivity contribution < 1.29 is 0 Å². The van der Waals surface area contributed by atoms with Gasteiger partial charge in [-0.25, -0.2) is 4.68 Å². The Morgan fingerprint density at radius 2 is 1.92 bits per heavy atom. The smallest absolute Gasteiger partial charge is 0.199 e. The van der Waals surface area contributed by atoms with E-state index in [4.69, 9.17) is 17.3 Å². The van der Waals surface area contributed by atoms with E-state index in [0.29, 0.717) is 12.1 Å². The molecule has 1 aromatic carbocycles. The highest BCUT2D eigenvalue weighted by Gasteiger charge is 2.30. The van der Waals surface area contributed by atoms with Crippen LogP contribution >= 0.6 is 12.2 Å². The summed E-state index contributed by atoms with van der Waals surface area (Å²) in [6, 6.07) is 11.8. The van der Waals surface area contributed by atoms with Gasteiger partial charge < -0.3 is 9.47 Å². The van der Waals surface area contributed by atoms with Crippen molar-refractivity contribution in [2.45, 2.75) is 38.5 Å². The molecule has 0 bridgehead atoms. The number of nitrogens with zero attached hydrogens (tertiary/aromatic N) is 5. The normalized spacial score (nSPS) is 22.8. The van der Waals surface area contributed by atoms with Gasteiger partial charge in [0.1, 0.15) is 5.82 Å². The lowest BCUT2D eigenvalue weighted by Crippen LogP contribution is -2.47. The van der Waals surface area contributed by atoms with E-state index in [1.807, 2.05) is 4.68 Å². The molecule has 0 amide bonds. The molecule has 1 saturated heterocycles. The quantitative estimate of drug-likeness (QED) is 0.798. The largest absolute Gasteiger partial charge is 0.303 e. The Bertz CT molecular complexity index is 761. The second-order valence-electron chi connectivity index (χ2n) is 7.07. The van der Waals surface area contributed by atoms with E-state index in [1.165, 1.54) is 18.4 Å². The Morgan fingerprint density at radius 1 is 1.17 bits per heavy atom. The first kappa shape index (κ1) is 16.0. The van der Waals surface area contributed by atoms with Crippen LogP contribution in [0, 0.1) is 11.7 Å². The third-order valence-electron chi connectivity index (χ3n) is 5.15. The lowest BCUT2D eigenvalue weighted by molar-refractivity contribution is 0.0581. The summed E-state index contributed by atoms with van der Waals surface area (Å²) in [6.07, 6.45) is 2.48. The maximum absolute atomic E-state index is 5.70. The summed E-state index contributed by atoms with van der Waals surface area (Å²) in [4.78, 5) is 4.91. The summed E-state index contributed by atoms with van der Waals surface area (Å²) in [6.45, 7) is 6.00. The second kappa shape index (κ2) is 6.43. The number of piperazine rings is 1. The van der Waals surface area contributed by atoms with Gasteiger partial charge in [0, 0.05) is 31.7 Å². The minimum absolute atomic E-state index is 0.387. The number of likely N-dealkylation sites (N-methyl/N-ethyl adjacent to an activating group) is 1. The van der Waals surface area contributed by atoms with E-state index >= 15 is 0 Å². The maximum Gasteiger partial charge on any atom is 0.199 e. The predicted octanol–water partition coefficient (Wildman–Crippen LogP) is 3.00. The van der Waals surface area contributed by atoms with Crippen molar-refractivity contribution in [2.24, 2.45) is 0 Å². The number of benzene rings is 1. The molecule has 0 N–H and O–H groups in total. The fourth-order valence-electron chi connectivity index (χ4n) is 3.66. The van der Waals surface area contributed by atoms with Gasteiger partial charge in [-0.1, -0.05) is 30.3 Å². The lowest BCUT2D eigenvalue weighted by Gasteiger charge is -2.40. The average molecular weight is 344 g/mol. The molecule has 24 heavy (non-hydrogen) atoms. The molecule has 1 saturated carbocycles. The molecule has 2 aromatic rings. The van der Waals surface area contributed by atoms with Crippen LogP contribution in [0.25, 0.3) is 0 Å². The molecule has 1 aliphatic carbocycles. The van der Waals surface area contributed by atoms with Crippen LogP contribution in [0.15, 0.2) is 30.3 Å². The number of hydrogen-bond acceptors (Lipinski definition) is 4. The zero-order valence-corrected chi connectivity index (χ0v) is 15.2. The zero-order chi connectivity index (χ0) is 16.7. The molecule has 1 aliphatic heterocycles. The van der Waals surface area contributed by atoms with Crippen LogP contribution in [0.2, 0.25) is 0 Å². The third kappa shape index (κ3) is 3.06. The van der Waals surface area contributed by atoms with Crippen molar-refractivity contribution in [3.63, 3.8) is 0 Å². The van der Waals surface area contributed by atoms with Crippen molar-refractivity contribution in [1.29, 1.82) is 0 Å². The standard InChI is InChI=1S/C18H25N5S/c1-14-19-22(18(24)23(14)16-8-9-16)13-21-11-10-20(2)12-17(21)15-6-4-3-5-7-15/h3-7,16-17H,8-13H2,1-2H3. The molecule has 0 spiro atoms. The topological polar surface area (TPSA) is 29.2 Å². The summed E-state index contributed by atoms with van der Waals surface area (Å²) in [7, 11) is 2.20. The van der Waals surface area contributed by atoms with Gasteiger partial charge in [0.25, 0.3) is 0 Å². The monoisotopic (exact) mass is 343 g/mol. The SMILES string of the molecule is Cc1nn(CN2CCN(C)CC2c2ccccc2)c(=S)n1C1CC1. The molecule has 1 atom stereocenters.